The molecule has 5 heteroatoms. The summed E-state index contributed by atoms with van der Waals surface area (Å²) in [6.45, 7) is 4.01. The number of benzene rings is 1. The molecule has 1 aromatic carbocycles. The van der Waals surface area contributed by atoms with Gasteiger partial charge in [-0.2, -0.15) is 0 Å². The van der Waals surface area contributed by atoms with Gasteiger partial charge in [-0.3, -0.25) is 4.79 Å². The van der Waals surface area contributed by atoms with E-state index in [0.29, 0.717) is 5.56 Å². The molecule has 0 aliphatic carbocycles. The Morgan fingerprint density at radius 2 is 2.11 bits per heavy atom. The second-order valence-corrected chi connectivity index (χ2v) is 4.14. The van der Waals surface area contributed by atoms with Crippen LogP contribution in [-0.4, -0.2) is 37.4 Å². The third-order valence-corrected chi connectivity index (χ3v) is 2.60. The number of halogens is 2. The van der Waals surface area contributed by atoms with Crippen LogP contribution in [-0.2, 0) is 0 Å². The number of anilines is 1. The van der Waals surface area contributed by atoms with Gasteiger partial charge in [-0.05, 0) is 37.6 Å². The number of alkyl halides is 2. The molecule has 0 aliphatic rings. The summed E-state index contributed by atoms with van der Waals surface area (Å²) >= 11 is 0. The van der Waals surface area contributed by atoms with Gasteiger partial charge in [0.1, 0.15) is 0 Å². The van der Waals surface area contributed by atoms with Crippen LogP contribution in [0.5, 0.6) is 0 Å². The fourth-order valence-corrected chi connectivity index (χ4v) is 1.71. The van der Waals surface area contributed by atoms with E-state index in [1.807, 2.05) is 13.0 Å². The maximum atomic E-state index is 12.2. The number of carbonyl (C=O) groups excluding carboxylic acids is 1. The zero-order valence-corrected chi connectivity index (χ0v) is 10.8. The lowest BCUT2D eigenvalue weighted by Crippen LogP contribution is -2.31. The summed E-state index contributed by atoms with van der Waals surface area (Å²) in [5, 5.41) is 3.13. The Hall–Kier alpha value is -1.65. The largest absolute Gasteiger partial charge is 0.385 e. The standard InChI is InChI=1S/C13H18F2N2O/c1-4-16-10-5-6-11(9(2)7-10)13(18)17(3)8-12(14)15/h5-7,12,16H,4,8H2,1-3H3. The second kappa shape index (κ2) is 6.33. The molecule has 3 nitrogen and oxygen atoms in total. The summed E-state index contributed by atoms with van der Waals surface area (Å²) in [4.78, 5) is 13.0. The van der Waals surface area contributed by atoms with Crippen molar-refractivity contribution in [2.75, 3.05) is 25.5 Å². The van der Waals surface area contributed by atoms with Gasteiger partial charge in [0, 0.05) is 24.8 Å². The highest BCUT2D eigenvalue weighted by Crippen LogP contribution is 2.16. The highest BCUT2D eigenvalue weighted by atomic mass is 19.3. The van der Waals surface area contributed by atoms with E-state index in [9.17, 15) is 13.6 Å². The molecule has 0 atom stereocenters. The first-order valence-electron chi connectivity index (χ1n) is 5.83. The maximum Gasteiger partial charge on any atom is 0.255 e. The molecule has 0 heterocycles. The number of carbonyl (C=O) groups is 1. The molecule has 100 valence electrons. The van der Waals surface area contributed by atoms with Crippen molar-refractivity contribution in [1.82, 2.24) is 4.90 Å². The van der Waals surface area contributed by atoms with Crippen molar-refractivity contribution in [3.05, 3.63) is 29.3 Å². The molecular formula is C13H18F2N2O. The second-order valence-electron chi connectivity index (χ2n) is 4.14. The molecule has 0 aromatic heterocycles. The molecule has 0 aliphatic heterocycles. The van der Waals surface area contributed by atoms with Gasteiger partial charge in [0.05, 0.1) is 6.54 Å². The van der Waals surface area contributed by atoms with E-state index in [0.717, 1.165) is 22.7 Å². The molecule has 1 rings (SSSR count). The SMILES string of the molecule is CCNc1ccc(C(=O)N(C)CC(F)F)c(C)c1. The average molecular weight is 256 g/mol. The highest BCUT2D eigenvalue weighted by molar-refractivity contribution is 5.95. The predicted molar refractivity (Wildman–Crippen MR) is 68.3 cm³/mol. The number of hydrogen-bond donors (Lipinski definition) is 1. The molecule has 18 heavy (non-hydrogen) atoms. The third kappa shape index (κ3) is 3.68. The van der Waals surface area contributed by atoms with Gasteiger partial charge in [0.25, 0.3) is 12.3 Å². The van der Waals surface area contributed by atoms with E-state index >= 15 is 0 Å². The van der Waals surface area contributed by atoms with E-state index in [1.165, 1.54) is 7.05 Å². The predicted octanol–water partition coefficient (Wildman–Crippen LogP) is 2.76. The van der Waals surface area contributed by atoms with Crippen molar-refractivity contribution >= 4 is 11.6 Å². The maximum absolute atomic E-state index is 12.2. The van der Waals surface area contributed by atoms with E-state index in [1.54, 1.807) is 19.1 Å². The van der Waals surface area contributed by atoms with Crippen LogP contribution in [0.15, 0.2) is 18.2 Å². The lowest BCUT2D eigenvalue weighted by Gasteiger charge is -2.18. The Morgan fingerprint density at radius 1 is 1.44 bits per heavy atom. The van der Waals surface area contributed by atoms with Gasteiger partial charge in [0.15, 0.2) is 0 Å². The normalized spacial score (nSPS) is 10.6. The first kappa shape index (κ1) is 14.4. The summed E-state index contributed by atoms with van der Waals surface area (Å²) in [6.07, 6.45) is -2.51. The van der Waals surface area contributed by atoms with Crippen molar-refractivity contribution in [3.8, 4) is 0 Å². The van der Waals surface area contributed by atoms with Crippen LogP contribution in [0.2, 0.25) is 0 Å². The molecule has 0 bridgehead atoms. The average Bonchev–Trinajstić information content (AvgIpc) is 2.28. The molecule has 0 saturated carbocycles. The van der Waals surface area contributed by atoms with Crippen molar-refractivity contribution < 1.29 is 13.6 Å². The molecule has 0 fully saturated rings. The lowest BCUT2D eigenvalue weighted by molar-refractivity contribution is 0.0619. The van der Waals surface area contributed by atoms with Crippen LogP contribution in [0.4, 0.5) is 14.5 Å². The highest BCUT2D eigenvalue weighted by Gasteiger charge is 2.17. The Kier molecular flexibility index (Phi) is 5.07. The summed E-state index contributed by atoms with van der Waals surface area (Å²) < 4.78 is 24.4. The fourth-order valence-electron chi connectivity index (χ4n) is 1.71. The van der Waals surface area contributed by atoms with Crippen molar-refractivity contribution in [1.29, 1.82) is 0 Å². The van der Waals surface area contributed by atoms with Crippen molar-refractivity contribution in [2.24, 2.45) is 0 Å². The molecule has 0 spiro atoms. The number of aryl methyl sites for hydroxylation is 1. The molecule has 0 unspecified atom stereocenters. The first-order valence-corrected chi connectivity index (χ1v) is 5.83. The van der Waals surface area contributed by atoms with Crippen LogP contribution >= 0.6 is 0 Å². The number of hydrogen-bond acceptors (Lipinski definition) is 2. The third-order valence-electron chi connectivity index (χ3n) is 2.60. The molecule has 0 saturated heterocycles. The monoisotopic (exact) mass is 256 g/mol. The quantitative estimate of drug-likeness (QED) is 0.878. The van der Waals surface area contributed by atoms with E-state index in [-0.39, 0.29) is 5.91 Å². The Balaban J connectivity index is 2.86. The van der Waals surface area contributed by atoms with Crippen LogP contribution < -0.4 is 5.32 Å². The molecule has 1 amide bonds. The minimum absolute atomic E-state index is 0.379. The molecule has 0 radical (unpaired) electrons. The summed E-state index contributed by atoms with van der Waals surface area (Å²) in [5.41, 5.74) is 2.16. The minimum Gasteiger partial charge on any atom is -0.385 e. The Bertz CT molecular complexity index is 421. The van der Waals surface area contributed by atoms with Crippen LogP contribution in [0.3, 0.4) is 0 Å². The van der Waals surface area contributed by atoms with Gasteiger partial charge in [0.2, 0.25) is 0 Å². The number of amides is 1. The number of nitrogens with zero attached hydrogens (tertiary/aromatic N) is 1. The first-order chi connectivity index (χ1) is 8.45. The molecular weight excluding hydrogens is 238 g/mol. The molecule has 1 N–H and O–H groups in total. The van der Waals surface area contributed by atoms with Gasteiger partial charge in [-0.25, -0.2) is 8.78 Å². The topological polar surface area (TPSA) is 32.3 Å². The smallest absolute Gasteiger partial charge is 0.255 e. The van der Waals surface area contributed by atoms with E-state index in [2.05, 4.69) is 5.32 Å². The van der Waals surface area contributed by atoms with E-state index < -0.39 is 13.0 Å². The van der Waals surface area contributed by atoms with Crippen molar-refractivity contribution in [3.63, 3.8) is 0 Å². The number of nitrogens with one attached hydrogen (secondary N) is 1. The van der Waals surface area contributed by atoms with Gasteiger partial charge < -0.3 is 10.2 Å². The van der Waals surface area contributed by atoms with Gasteiger partial charge >= 0.3 is 0 Å². The summed E-state index contributed by atoms with van der Waals surface area (Å²) in [5.74, 6) is -0.379. The van der Waals surface area contributed by atoms with Gasteiger partial charge in [-0.15, -0.1) is 0 Å². The minimum atomic E-state index is -2.51. The summed E-state index contributed by atoms with van der Waals surface area (Å²) in [7, 11) is 1.38. The van der Waals surface area contributed by atoms with Crippen LogP contribution in [0.25, 0.3) is 0 Å². The zero-order chi connectivity index (χ0) is 13.7. The van der Waals surface area contributed by atoms with E-state index in [4.69, 9.17) is 0 Å². The Morgan fingerprint density at radius 3 is 2.61 bits per heavy atom. The van der Waals surface area contributed by atoms with Crippen molar-refractivity contribution in [2.45, 2.75) is 20.3 Å². The van der Waals surface area contributed by atoms with Gasteiger partial charge in [-0.1, -0.05) is 0 Å². The fraction of sp³-hybridized carbons (Fsp3) is 0.462. The van der Waals surface area contributed by atoms with Crippen LogP contribution in [0, 0.1) is 6.92 Å². The molecule has 1 aromatic rings. The number of rotatable bonds is 5. The lowest BCUT2D eigenvalue weighted by atomic mass is 10.1. The summed E-state index contributed by atoms with van der Waals surface area (Å²) in [6, 6.07) is 5.28. The zero-order valence-electron chi connectivity index (χ0n) is 10.8. The van der Waals surface area contributed by atoms with Crippen LogP contribution in [0.1, 0.15) is 22.8 Å². The Labute approximate surface area is 106 Å².